The number of amides is 1. The van der Waals surface area contributed by atoms with Gasteiger partial charge in [0.15, 0.2) is 9.84 Å². The van der Waals surface area contributed by atoms with Crippen LogP contribution >= 0.6 is 0 Å². The van der Waals surface area contributed by atoms with Crippen LogP contribution in [-0.2, 0) is 19.9 Å². The zero-order valence-electron chi connectivity index (χ0n) is 14.4. The number of carbonyl (C=O) groups excluding carboxylic acids is 1. The first kappa shape index (κ1) is 20.6. The van der Waals surface area contributed by atoms with Crippen molar-refractivity contribution in [2.24, 2.45) is 0 Å². The minimum Gasteiger partial charge on any atom is -0.352 e. The Morgan fingerprint density at radius 1 is 1.17 bits per heavy atom. The first-order chi connectivity index (χ1) is 11.0. The van der Waals surface area contributed by atoms with E-state index >= 15 is 0 Å². The standard InChI is InChI=1S/C15H24N2O5S2/c1-5-17(24(4,21)22)10-6-9-16-15(18)14-11-13(23(3,19)20)8-7-12(14)2/h7-8,11H,5-6,9-10H2,1-4H3,(H,16,18). The van der Waals surface area contributed by atoms with Crippen LogP contribution in [0.25, 0.3) is 0 Å². The summed E-state index contributed by atoms with van der Waals surface area (Å²) in [5.74, 6) is -0.375. The van der Waals surface area contributed by atoms with E-state index in [0.717, 1.165) is 12.5 Å². The minimum absolute atomic E-state index is 0.0903. The second-order valence-electron chi connectivity index (χ2n) is 5.61. The first-order valence-electron chi connectivity index (χ1n) is 7.51. The summed E-state index contributed by atoms with van der Waals surface area (Å²) >= 11 is 0. The second-order valence-corrected chi connectivity index (χ2v) is 9.61. The Morgan fingerprint density at radius 2 is 1.79 bits per heavy atom. The van der Waals surface area contributed by atoms with Crippen molar-refractivity contribution in [2.45, 2.75) is 25.2 Å². The maximum atomic E-state index is 12.2. The Labute approximate surface area is 144 Å². The average Bonchev–Trinajstić information content (AvgIpc) is 2.44. The number of hydrogen-bond donors (Lipinski definition) is 1. The van der Waals surface area contributed by atoms with Crippen molar-refractivity contribution < 1.29 is 21.6 Å². The van der Waals surface area contributed by atoms with Gasteiger partial charge in [-0.3, -0.25) is 4.79 Å². The molecule has 0 aromatic heterocycles. The molecule has 1 amide bonds. The van der Waals surface area contributed by atoms with E-state index in [9.17, 15) is 21.6 Å². The highest BCUT2D eigenvalue weighted by Gasteiger charge is 2.16. The second kappa shape index (κ2) is 8.09. The first-order valence-corrected chi connectivity index (χ1v) is 11.2. The molecule has 1 aromatic carbocycles. The van der Waals surface area contributed by atoms with Crippen molar-refractivity contribution in [3.63, 3.8) is 0 Å². The summed E-state index contributed by atoms with van der Waals surface area (Å²) in [6.45, 7) is 4.47. The molecule has 0 saturated carbocycles. The normalized spacial score (nSPS) is 12.4. The Kier molecular flexibility index (Phi) is 6.94. The summed E-state index contributed by atoms with van der Waals surface area (Å²) in [6.07, 6.45) is 2.70. The third kappa shape index (κ3) is 5.88. The maximum Gasteiger partial charge on any atom is 0.251 e. The highest BCUT2D eigenvalue weighted by molar-refractivity contribution is 7.90. The van der Waals surface area contributed by atoms with Crippen LogP contribution in [0.5, 0.6) is 0 Å². The predicted octanol–water partition coefficient (Wildman–Crippen LogP) is 0.800. The molecule has 0 bridgehead atoms. The smallest absolute Gasteiger partial charge is 0.251 e. The lowest BCUT2D eigenvalue weighted by Gasteiger charge is -2.17. The van der Waals surface area contributed by atoms with Gasteiger partial charge in [-0.05, 0) is 31.0 Å². The molecule has 0 aliphatic rings. The quantitative estimate of drug-likeness (QED) is 0.677. The molecule has 0 heterocycles. The molecule has 136 valence electrons. The van der Waals surface area contributed by atoms with Crippen LogP contribution in [0.1, 0.15) is 29.3 Å². The molecular weight excluding hydrogens is 352 g/mol. The number of sulfone groups is 1. The molecule has 0 aliphatic heterocycles. The van der Waals surface area contributed by atoms with Crippen molar-refractivity contribution >= 4 is 25.8 Å². The van der Waals surface area contributed by atoms with E-state index in [2.05, 4.69) is 5.32 Å². The Hall–Kier alpha value is -1.45. The molecule has 0 saturated heterocycles. The summed E-state index contributed by atoms with van der Waals surface area (Å²) < 4.78 is 47.4. The predicted molar refractivity (Wildman–Crippen MR) is 93.3 cm³/mol. The molecule has 1 aromatic rings. The molecule has 0 spiro atoms. The molecule has 0 aliphatic carbocycles. The number of hydrogen-bond acceptors (Lipinski definition) is 5. The van der Waals surface area contributed by atoms with E-state index in [-0.39, 0.29) is 10.8 Å². The Balaban J connectivity index is 2.70. The molecule has 0 fully saturated rings. The molecule has 1 N–H and O–H groups in total. The van der Waals surface area contributed by atoms with Gasteiger partial charge in [0, 0.05) is 31.5 Å². The summed E-state index contributed by atoms with van der Waals surface area (Å²) in [6, 6.07) is 4.41. The number of nitrogens with zero attached hydrogens (tertiary/aromatic N) is 1. The topological polar surface area (TPSA) is 101 Å². The summed E-state index contributed by atoms with van der Waals surface area (Å²) in [5.41, 5.74) is 0.972. The van der Waals surface area contributed by atoms with Crippen LogP contribution in [0.2, 0.25) is 0 Å². The molecule has 0 atom stereocenters. The highest BCUT2D eigenvalue weighted by Crippen LogP contribution is 2.15. The maximum absolute atomic E-state index is 12.2. The Bertz CT molecular complexity index is 801. The fourth-order valence-corrected chi connectivity index (χ4v) is 3.76. The van der Waals surface area contributed by atoms with E-state index in [1.54, 1.807) is 19.9 Å². The fraction of sp³-hybridized carbons (Fsp3) is 0.533. The average molecular weight is 377 g/mol. The van der Waals surface area contributed by atoms with Crippen molar-refractivity contribution in [1.29, 1.82) is 0 Å². The van der Waals surface area contributed by atoms with Crippen molar-refractivity contribution in [1.82, 2.24) is 9.62 Å². The van der Waals surface area contributed by atoms with Crippen LogP contribution in [0.3, 0.4) is 0 Å². The zero-order chi connectivity index (χ0) is 18.5. The van der Waals surface area contributed by atoms with Gasteiger partial charge in [0.05, 0.1) is 11.2 Å². The van der Waals surface area contributed by atoms with Gasteiger partial charge in [-0.1, -0.05) is 13.0 Å². The third-order valence-corrected chi connectivity index (χ3v) is 6.06. The number of aryl methyl sites for hydroxylation is 1. The molecule has 1 rings (SSSR count). The number of benzene rings is 1. The highest BCUT2D eigenvalue weighted by atomic mass is 32.2. The SMILES string of the molecule is CCN(CCCNC(=O)c1cc(S(C)(=O)=O)ccc1C)S(C)(=O)=O. The van der Waals surface area contributed by atoms with Crippen molar-refractivity contribution in [2.75, 3.05) is 32.1 Å². The minimum atomic E-state index is -3.39. The molecule has 9 heteroatoms. The van der Waals surface area contributed by atoms with E-state index in [0.29, 0.717) is 37.2 Å². The zero-order valence-corrected chi connectivity index (χ0v) is 16.0. The van der Waals surface area contributed by atoms with E-state index < -0.39 is 19.9 Å². The number of sulfonamides is 1. The largest absolute Gasteiger partial charge is 0.352 e. The lowest BCUT2D eigenvalue weighted by atomic mass is 10.1. The summed E-state index contributed by atoms with van der Waals surface area (Å²) in [5, 5.41) is 2.69. The lowest BCUT2D eigenvalue weighted by Crippen LogP contribution is -2.33. The van der Waals surface area contributed by atoms with Crippen LogP contribution in [0.4, 0.5) is 0 Å². The van der Waals surface area contributed by atoms with E-state index in [1.807, 2.05) is 0 Å². The molecular formula is C15H24N2O5S2. The van der Waals surface area contributed by atoms with Gasteiger partial charge in [-0.2, -0.15) is 0 Å². The van der Waals surface area contributed by atoms with Gasteiger partial charge < -0.3 is 5.32 Å². The monoisotopic (exact) mass is 376 g/mol. The van der Waals surface area contributed by atoms with E-state index in [4.69, 9.17) is 0 Å². The van der Waals surface area contributed by atoms with E-state index in [1.165, 1.54) is 16.4 Å². The molecule has 0 unspecified atom stereocenters. The van der Waals surface area contributed by atoms with Gasteiger partial charge >= 0.3 is 0 Å². The van der Waals surface area contributed by atoms with Crippen LogP contribution in [0, 0.1) is 6.92 Å². The van der Waals surface area contributed by atoms with Gasteiger partial charge in [0.25, 0.3) is 5.91 Å². The van der Waals surface area contributed by atoms with Crippen molar-refractivity contribution in [3.05, 3.63) is 29.3 Å². The van der Waals surface area contributed by atoms with Gasteiger partial charge in [-0.25, -0.2) is 21.1 Å². The molecule has 24 heavy (non-hydrogen) atoms. The van der Waals surface area contributed by atoms with Crippen LogP contribution in [-0.4, -0.2) is 59.2 Å². The number of nitrogens with one attached hydrogen (secondary N) is 1. The number of carbonyl (C=O) groups is 1. The summed E-state index contributed by atoms with van der Waals surface area (Å²) in [4.78, 5) is 12.3. The fourth-order valence-electron chi connectivity index (χ4n) is 2.19. The molecule has 7 nitrogen and oxygen atoms in total. The lowest BCUT2D eigenvalue weighted by molar-refractivity contribution is 0.0952. The van der Waals surface area contributed by atoms with Gasteiger partial charge in [0.2, 0.25) is 10.0 Å². The Morgan fingerprint density at radius 3 is 2.29 bits per heavy atom. The van der Waals surface area contributed by atoms with Crippen molar-refractivity contribution in [3.8, 4) is 0 Å². The molecule has 0 radical (unpaired) electrons. The van der Waals surface area contributed by atoms with Crippen LogP contribution < -0.4 is 5.32 Å². The van der Waals surface area contributed by atoms with Gasteiger partial charge in [-0.15, -0.1) is 0 Å². The van der Waals surface area contributed by atoms with Crippen LogP contribution in [0.15, 0.2) is 23.1 Å². The third-order valence-electron chi connectivity index (χ3n) is 3.57. The summed E-state index contributed by atoms with van der Waals surface area (Å²) in [7, 11) is -6.63. The number of rotatable bonds is 8. The van der Waals surface area contributed by atoms with Gasteiger partial charge in [0.1, 0.15) is 0 Å².